The molecule has 2 saturated heterocycles. The first-order valence-electron chi connectivity index (χ1n) is 12.7. The molecule has 1 amide bonds. The molecule has 1 saturated carbocycles. The molecule has 1 spiro atoms. The van der Waals surface area contributed by atoms with Crippen LogP contribution in [0.25, 0.3) is 10.9 Å². The molecule has 1 aliphatic carbocycles. The molecule has 3 fully saturated rings. The van der Waals surface area contributed by atoms with E-state index in [4.69, 9.17) is 0 Å². The van der Waals surface area contributed by atoms with Crippen molar-refractivity contribution in [3.63, 3.8) is 0 Å². The first-order valence-corrected chi connectivity index (χ1v) is 13.5. The minimum absolute atomic E-state index is 0.161. The van der Waals surface area contributed by atoms with E-state index in [1.165, 1.54) is 25.7 Å². The molecule has 36 heavy (non-hydrogen) atoms. The number of halogens is 3. The van der Waals surface area contributed by atoms with Crippen molar-refractivity contribution in [2.45, 2.75) is 44.4 Å². The number of piperidine rings is 2. The monoisotopic (exact) mass is 557 g/mol. The van der Waals surface area contributed by atoms with Crippen LogP contribution < -0.4 is 15.1 Å². The van der Waals surface area contributed by atoms with E-state index in [2.05, 4.69) is 31.2 Å². The molecule has 0 unspecified atom stereocenters. The fraction of sp³-hybridized carbons (Fsp3) is 0.481. The van der Waals surface area contributed by atoms with Crippen LogP contribution in [0.4, 0.5) is 26.0 Å². The number of carbonyl (C=O) groups is 1. The molecule has 0 atom stereocenters. The average Bonchev–Trinajstić information content (AvgIpc) is 3.53. The van der Waals surface area contributed by atoms with Gasteiger partial charge in [-0.15, -0.1) is 0 Å². The van der Waals surface area contributed by atoms with Gasteiger partial charge in [-0.2, -0.15) is 5.10 Å². The van der Waals surface area contributed by atoms with Crippen molar-refractivity contribution in [1.82, 2.24) is 9.78 Å². The summed E-state index contributed by atoms with van der Waals surface area (Å²) < 4.78 is 30.1. The zero-order valence-corrected chi connectivity index (χ0v) is 22.0. The standard InChI is InChI=1S/C27H30BrF2N5O/c1-33-22-5-3-19(17-21(22)24(32-33)35-14-10-27(29,30)11-15-35)31-25(36)20-4-2-18(28)16-23(20)34-12-8-26(6-7-26)9-13-34/h2-5,16-17H,6-15H2,1H3,(H,31,36). The molecule has 2 aromatic carbocycles. The Morgan fingerprint density at radius 3 is 2.33 bits per heavy atom. The molecule has 0 radical (unpaired) electrons. The number of anilines is 3. The predicted octanol–water partition coefficient (Wildman–Crippen LogP) is 6.20. The van der Waals surface area contributed by atoms with Crippen molar-refractivity contribution in [2.24, 2.45) is 12.5 Å². The third-order valence-electron chi connectivity index (χ3n) is 8.21. The van der Waals surface area contributed by atoms with Crippen LogP contribution in [-0.4, -0.2) is 47.8 Å². The highest BCUT2D eigenvalue weighted by atomic mass is 79.9. The summed E-state index contributed by atoms with van der Waals surface area (Å²) in [7, 11) is 1.85. The molecule has 1 aromatic heterocycles. The van der Waals surface area contributed by atoms with E-state index in [0.717, 1.165) is 34.2 Å². The Kier molecular flexibility index (Phi) is 5.74. The van der Waals surface area contributed by atoms with Gasteiger partial charge < -0.3 is 15.1 Å². The van der Waals surface area contributed by atoms with Gasteiger partial charge in [0.2, 0.25) is 0 Å². The average molecular weight is 558 g/mol. The Morgan fingerprint density at radius 2 is 1.64 bits per heavy atom. The minimum Gasteiger partial charge on any atom is -0.371 e. The Hall–Kier alpha value is -2.68. The maximum Gasteiger partial charge on any atom is 0.257 e. The van der Waals surface area contributed by atoms with E-state index in [1.807, 2.05) is 48.3 Å². The second kappa shape index (κ2) is 8.71. The molecule has 6 nitrogen and oxygen atoms in total. The predicted molar refractivity (Wildman–Crippen MR) is 142 cm³/mol. The molecule has 1 N–H and O–H groups in total. The molecular formula is C27H30BrF2N5O. The number of aryl methyl sites for hydroxylation is 1. The number of aromatic nitrogens is 2. The van der Waals surface area contributed by atoms with Gasteiger partial charge in [0.25, 0.3) is 11.8 Å². The molecule has 3 heterocycles. The molecule has 2 aliphatic heterocycles. The van der Waals surface area contributed by atoms with Gasteiger partial charge in [0.1, 0.15) is 0 Å². The van der Waals surface area contributed by atoms with Gasteiger partial charge in [0.05, 0.1) is 16.8 Å². The Balaban J connectivity index is 1.25. The van der Waals surface area contributed by atoms with Gasteiger partial charge in [0.15, 0.2) is 5.82 Å². The van der Waals surface area contributed by atoms with E-state index in [-0.39, 0.29) is 31.8 Å². The number of hydrogen-bond acceptors (Lipinski definition) is 4. The number of benzene rings is 2. The number of carbonyl (C=O) groups excluding carboxylic acids is 1. The summed E-state index contributed by atoms with van der Waals surface area (Å²) in [6.07, 6.45) is 4.69. The van der Waals surface area contributed by atoms with Crippen molar-refractivity contribution < 1.29 is 13.6 Å². The van der Waals surface area contributed by atoms with Crippen molar-refractivity contribution in [3.05, 3.63) is 46.4 Å². The third kappa shape index (κ3) is 4.46. The zero-order valence-electron chi connectivity index (χ0n) is 20.4. The van der Waals surface area contributed by atoms with Crippen LogP contribution in [-0.2, 0) is 7.05 Å². The topological polar surface area (TPSA) is 53.4 Å². The highest BCUT2D eigenvalue weighted by molar-refractivity contribution is 9.10. The molecule has 9 heteroatoms. The van der Waals surface area contributed by atoms with Crippen LogP contribution in [0.5, 0.6) is 0 Å². The highest BCUT2D eigenvalue weighted by Gasteiger charge is 2.44. The lowest BCUT2D eigenvalue weighted by molar-refractivity contribution is -0.0221. The summed E-state index contributed by atoms with van der Waals surface area (Å²) in [5.41, 5.74) is 3.72. The summed E-state index contributed by atoms with van der Waals surface area (Å²) in [6.45, 7) is 2.46. The van der Waals surface area contributed by atoms with E-state index >= 15 is 0 Å². The number of nitrogens with zero attached hydrogens (tertiary/aromatic N) is 4. The Bertz CT molecular complexity index is 1320. The molecule has 3 aliphatic rings. The van der Waals surface area contributed by atoms with E-state index in [0.29, 0.717) is 22.5 Å². The first-order chi connectivity index (χ1) is 17.2. The van der Waals surface area contributed by atoms with Gasteiger partial charge in [-0.25, -0.2) is 8.78 Å². The maximum atomic E-state index is 13.7. The Labute approximate surface area is 217 Å². The zero-order chi connectivity index (χ0) is 25.1. The summed E-state index contributed by atoms with van der Waals surface area (Å²) in [5.74, 6) is -2.09. The molecule has 3 aromatic rings. The number of amides is 1. The fourth-order valence-corrected chi connectivity index (χ4v) is 6.01. The second-order valence-electron chi connectivity index (χ2n) is 10.6. The van der Waals surface area contributed by atoms with Gasteiger partial charge in [-0.1, -0.05) is 15.9 Å². The van der Waals surface area contributed by atoms with E-state index in [9.17, 15) is 13.6 Å². The summed E-state index contributed by atoms with van der Waals surface area (Å²) >= 11 is 3.58. The summed E-state index contributed by atoms with van der Waals surface area (Å²) in [5, 5.41) is 8.54. The van der Waals surface area contributed by atoms with E-state index < -0.39 is 5.92 Å². The van der Waals surface area contributed by atoms with Gasteiger partial charge >= 0.3 is 0 Å². The first kappa shape index (κ1) is 23.7. The van der Waals surface area contributed by atoms with Crippen LogP contribution in [0.1, 0.15) is 48.9 Å². The molecule has 0 bridgehead atoms. The lowest BCUT2D eigenvalue weighted by Gasteiger charge is -2.35. The normalized spacial score (nSPS) is 20.7. The fourth-order valence-electron chi connectivity index (χ4n) is 5.66. The van der Waals surface area contributed by atoms with Gasteiger partial charge in [-0.05, 0) is 67.5 Å². The third-order valence-corrected chi connectivity index (χ3v) is 8.70. The van der Waals surface area contributed by atoms with Crippen LogP contribution in [0.3, 0.4) is 0 Å². The Morgan fingerprint density at radius 1 is 0.944 bits per heavy atom. The summed E-state index contributed by atoms with van der Waals surface area (Å²) in [4.78, 5) is 17.7. The molecular weight excluding hydrogens is 528 g/mol. The lowest BCUT2D eigenvalue weighted by atomic mass is 9.93. The molecule has 6 rings (SSSR count). The quantitative estimate of drug-likeness (QED) is 0.414. The lowest BCUT2D eigenvalue weighted by Crippen LogP contribution is -2.39. The van der Waals surface area contributed by atoms with Crippen molar-refractivity contribution >= 4 is 49.9 Å². The van der Waals surface area contributed by atoms with E-state index in [1.54, 1.807) is 4.68 Å². The number of hydrogen-bond donors (Lipinski definition) is 1. The SMILES string of the molecule is Cn1nc(N2CCC(F)(F)CC2)c2cc(NC(=O)c3ccc(Br)cc3N3CCC4(CC3)CC4)ccc21. The number of nitrogens with one attached hydrogen (secondary N) is 1. The maximum absolute atomic E-state index is 13.7. The van der Waals surface area contributed by atoms with Crippen molar-refractivity contribution in [1.29, 1.82) is 0 Å². The van der Waals surface area contributed by atoms with Crippen LogP contribution >= 0.6 is 15.9 Å². The number of alkyl halides is 2. The smallest absolute Gasteiger partial charge is 0.257 e. The van der Waals surface area contributed by atoms with Crippen molar-refractivity contribution in [2.75, 3.05) is 41.3 Å². The van der Waals surface area contributed by atoms with Gasteiger partial charge in [-0.3, -0.25) is 9.48 Å². The highest BCUT2D eigenvalue weighted by Crippen LogP contribution is 2.54. The van der Waals surface area contributed by atoms with Crippen LogP contribution in [0, 0.1) is 5.41 Å². The summed E-state index contributed by atoms with van der Waals surface area (Å²) in [6, 6.07) is 11.5. The van der Waals surface area contributed by atoms with Gasteiger partial charge in [0, 0.05) is 61.6 Å². The van der Waals surface area contributed by atoms with Crippen molar-refractivity contribution in [3.8, 4) is 0 Å². The van der Waals surface area contributed by atoms with Crippen LogP contribution in [0.2, 0.25) is 0 Å². The van der Waals surface area contributed by atoms with Crippen LogP contribution in [0.15, 0.2) is 40.9 Å². The number of rotatable bonds is 4. The number of fused-ring (bicyclic) bond motifs is 1. The molecule has 190 valence electrons. The minimum atomic E-state index is -2.61. The second-order valence-corrected chi connectivity index (χ2v) is 11.5. The largest absolute Gasteiger partial charge is 0.371 e.